The molecule has 0 heterocycles. The van der Waals surface area contributed by atoms with Gasteiger partial charge in [-0.3, -0.25) is 4.89 Å². The molecule has 0 N–H and O–H groups in total. The maximum atomic E-state index is 11.6. The van der Waals surface area contributed by atoms with Crippen molar-refractivity contribution >= 4 is 12.1 Å². The molecule has 110 valence electrons. The maximum absolute atomic E-state index is 11.6. The summed E-state index contributed by atoms with van der Waals surface area (Å²) in [6.45, 7) is 3.88. The van der Waals surface area contributed by atoms with E-state index in [9.17, 15) is 9.59 Å². The molecule has 7 heteroatoms. The lowest BCUT2D eigenvalue weighted by molar-refractivity contribution is -0.452. The van der Waals surface area contributed by atoms with Crippen molar-refractivity contribution in [1.82, 2.24) is 0 Å². The van der Waals surface area contributed by atoms with Gasteiger partial charge in [0.15, 0.2) is 0 Å². The molecular weight excluding hydrogens is 268 g/mol. The molecule has 0 saturated heterocycles. The van der Waals surface area contributed by atoms with E-state index in [2.05, 4.69) is 24.3 Å². The van der Waals surface area contributed by atoms with Crippen LogP contribution in [0.25, 0.3) is 0 Å². The first-order valence-corrected chi connectivity index (χ1v) is 5.83. The minimum Gasteiger partial charge on any atom is -0.430 e. The van der Waals surface area contributed by atoms with Crippen LogP contribution < -0.4 is 0 Å². The Morgan fingerprint density at radius 1 is 1.10 bits per heavy atom. The van der Waals surface area contributed by atoms with E-state index in [1.807, 2.05) is 13.0 Å². The molecule has 0 bridgehead atoms. The molecule has 0 saturated carbocycles. The Morgan fingerprint density at radius 2 is 1.85 bits per heavy atom. The second-order valence-electron chi connectivity index (χ2n) is 3.93. The van der Waals surface area contributed by atoms with E-state index in [4.69, 9.17) is 0 Å². The monoisotopic (exact) mass is 284 g/mol. The van der Waals surface area contributed by atoms with Crippen molar-refractivity contribution in [3.05, 3.63) is 34.9 Å². The molecule has 0 spiro atoms. The third kappa shape index (κ3) is 5.25. The van der Waals surface area contributed by atoms with Gasteiger partial charge in [0.25, 0.3) is 0 Å². The normalized spacial score (nSPS) is 9.95. The van der Waals surface area contributed by atoms with Crippen LogP contribution in [0.3, 0.4) is 0 Å². The fourth-order valence-electron chi connectivity index (χ4n) is 1.40. The fourth-order valence-corrected chi connectivity index (χ4v) is 1.40. The molecule has 0 amide bonds. The van der Waals surface area contributed by atoms with E-state index in [-0.39, 0.29) is 13.2 Å². The van der Waals surface area contributed by atoms with Crippen molar-refractivity contribution in [2.75, 3.05) is 20.3 Å². The van der Waals surface area contributed by atoms with E-state index in [0.717, 1.165) is 11.1 Å². The van der Waals surface area contributed by atoms with Gasteiger partial charge < -0.3 is 9.47 Å². The van der Waals surface area contributed by atoms with Crippen LogP contribution in [0.5, 0.6) is 0 Å². The number of methoxy groups -OCH3 is 1. The highest BCUT2D eigenvalue weighted by Gasteiger charge is 2.14. The largest absolute Gasteiger partial charge is 0.543 e. The van der Waals surface area contributed by atoms with Gasteiger partial charge in [0.05, 0.1) is 17.2 Å². The molecule has 0 aliphatic carbocycles. The molecule has 20 heavy (non-hydrogen) atoms. The number of hydrogen-bond acceptors (Lipinski definition) is 7. The summed E-state index contributed by atoms with van der Waals surface area (Å²) in [5.74, 6) is -0.771. The zero-order valence-electron chi connectivity index (χ0n) is 11.5. The average molecular weight is 284 g/mol. The summed E-state index contributed by atoms with van der Waals surface area (Å²) in [5, 5.41) is 4.06. The molecule has 0 aromatic heterocycles. The SMILES string of the molecule is COCCOC(=O)OOOC(=O)c1ccc(C)cc1C. The predicted octanol–water partition coefficient (Wildman–Crippen LogP) is 2.11. The van der Waals surface area contributed by atoms with Crippen molar-refractivity contribution in [3.8, 4) is 0 Å². The molecule has 0 aliphatic heterocycles. The number of carbonyl (C=O) groups excluding carboxylic acids is 2. The average Bonchev–Trinajstić information content (AvgIpc) is 2.38. The van der Waals surface area contributed by atoms with Crippen LogP contribution in [-0.2, 0) is 24.3 Å². The molecule has 1 aromatic rings. The Labute approximate surface area is 116 Å². The van der Waals surface area contributed by atoms with Crippen LogP contribution in [0, 0.1) is 13.8 Å². The summed E-state index contributed by atoms with van der Waals surface area (Å²) in [4.78, 5) is 31.0. The lowest BCUT2D eigenvalue weighted by atomic mass is 10.1. The minimum absolute atomic E-state index is 0.00368. The van der Waals surface area contributed by atoms with Crippen LogP contribution in [0.4, 0.5) is 4.79 Å². The molecule has 1 aromatic carbocycles. The van der Waals surface area contributed by atoms with Crippen LogP contribution in [0.2, 0.25) is 0 Å². The Balaban J connectivity index is 2.34. The zero-order valence-corrected chi connectivity index (χ0v) is 11.5. The lowest BCUT2D eigenvalue weighted by Crippen LogP contribution is -2.14. The van der Waals surface area contributed by atoms with Crippen molar-refractivity contribution < 1.29 is 33.9 Å². The van der Waals surface area contributed by atoms with E-state index < -0.39 is 12.1 Å². The van der Waals surface area contributed by atoms with Gasteiger partial charge in [-0.15, -0.1) is 0 Å². The summed E-state index contributed by atoms with van der Waals surface area (Å²) in [6.07, 6.45) is -1.13. The van der Waals surface area contributed by atoms with Crippen LogP contribution in [0.1, 0.15) is 21.5 Å². The van der Waals surface area contributed by atoms with Gasteiger partial charge in [0.2, 0.25) is 0 Å². The highest BCUT2D eigenvalue weighted by molar-refractivity contribution is 5.90. The smallest absolute Gasteiger partial charge is 0.430 e. The minimum atomic E-state index is -1.13. The molecule has 1 rings (SSSR count). The topological polar surface area (TPSA) is 80.3 Å². The zero-order chi connectivity index (χ0) is 15.0. The van der Waals surface area contributed by atoms with E-state index >= 15 is 0 Å². The maximum Gasteiger partial charge on any atom is 0.543 e. The van der Waals surface area contributed by atoms with Crippen molar-refractivity contribution in [3.63, 3.8) is 0 Å². The van der Waals surface area contributed by atoms with E-state index in [0.29, 0.717) is 5.56 Å². The second-order valence-corrected chi connectivity index (χ2v) is 3.93. The lowest BCUT2D eigenvalue weighted by Gasteiger charge is -2.05. The number of ether oxygens (including phenoxy) is 2. The highest BCUT2D eigenvalue weighted by atomic mass is 17.5. The third-order valence-corrected chi connectivity index (χ3v) is 2.32. The molecule has 0 atom stereocenters. The van der Waals surface area contributed by atoms with Gasteiger partial charge in [-0.2, -0.15) is 0 Å². The summed E-state index contributed by atoms with van der Waals surface area (Å²) < 4.78 is 9.16. The first-order valence-electron chi connectivity index (χ1n) is 5.83. The Kier molecular flexibility index (Phi) is 6.48. The molecule has 0 fully saturated rings. The molecular formula is C13H16O7. The van der Waals surface area contributed by atoms with Gasteiger partial charge in [0, 0.05) is 7.11 Å². The molecule has 7 nitrogen and oxygen atoms in total. The van der Waals surface area contributed by atoms with Crippen molar-refractivity contribution in [1.29, 1.82) is 0 Å². The van der Waals surface area contributed by atoms with Crippen LogP contribution >= 0.6 is 0 Å². The van der Waals surface area contributed by atoms with Crippen LogP contribution in [-0.4, -0.2) is 32.4 Å². The molecule has 0 radical (unpaired) electrons. The number of aryl methyl sites for hydroxylation is 2. The van der Waals surface area contributed by atoms with Crippen molar-refractivity contribution in [2.45, 2.75) is 13.8 Å². The number of hydrogen-bond donors (Lipinski definition) is 0. The van der Waals surface area contributed by atoms with Gasteiger partial charge in [0.1, 0.15) is 6.61 Å². The Hall–Kier alpha value is -2.12. The van der Waals surface area contributed by atoms with E-state index in [1.54, 1.807) is 19.1 Å². The quantitative estimate of drug-likeness (QED) is 0.342. The predicted molar refractivity (Wildman–Crippen MR) is 66.7 cm³/mol. The Bertz CT molecular complexity index is 470. The number of benzene rings is 1. The summed E-state index contributed by atoms with van der Waals surface area (Å²) >= 11 is 0. The molecule has 0 unspecified atom stereocenters. The standard InChI is InChI=1S/C13H16O7/c1-9-4-5-11(10(2)8-9)12(14)18-20-19-13(15)17-7-6-16-3/h4-5,8H,6-7H2,1-3H3. The van der Waals surface area contributed by atoms with E-state index in [1.165, 1.54) is 7.11 Å². The summed E-state index contributed by atoms with van der Waals surface area (Å²) in [7, 11) is 1.46. The fraction of sp³-hybridized carbons (Fsp3) is 0.385. The number of rotatable bonds is 6. The highest BCUT2D eigenvalue weighted by Crippen LogP contribution is 2.12. The van der Waals surface area contributed by atoms with Gasteiger partial charge >= 0.3 is 12.1 Å². The first-order chi connectivity index (χ1) is 9.54. The third-order valence-electron chi connectivity index (χ3n) is 2.32. The summed E-state index contributed by atoms with van der Waals surface area (Å²) in [6, 6.07) is 5.16. The van der Waals surface area contributed by atoms with Crippen molar-refractivity contribution in [2.24, 2.45) is 0 Å². The molecule has 0 aliphatic rings. The van der Waals surface area contributed by atoms with Gasteiger partial charge in [-0.05, 0) is 25.5 Å². The van der Waals surface area contributed by atoms with Crippen LogP contribution in [0.15, 0.2) is 18.2 Å². The first kappa shape index (κ1) is 15.9. The number of carbonyl (C=O) groups is 2. The second kappa shape index (κ2) is 8.13. The Morgan fingerprint density at radius 3 is 2.50 bits per heavy atom. The van der Waals surface area contributed by atoms with Gasteiger partial charge in [-0.1, -0.05) is 17.7 Å². The summed E-state index contributed by atoms with van der Waals surface area (Å²) in [5.41, 5.74) is 2.05. The van der Waals surface area contributed by atoms with Gasteiger partial charge in [-0.25, -0.2) is 14.5 Å².